The minimum absolute atomic E-state index is 0.0498. The van der Waals surface area contributed by atoms with E-state index in [2.05, 4.69) is 0 Å². The van der Waals surface area contributed by atoms with Gasteiger partial charge in [-0.3, -0.25) is 9.10 Å². The third-order valence-electron chi connectivity index (χ3n) is 4.41. The first-order valence-corrected chi connectivity index (χ1v) is 10.1. The van der Waals surface area contributed by atoms with Crippen LogP contribution >= 0.6 is 0 Å². The minimum atomic E-state index is -3.45. The smallest absolute Gasteiger partial charge is 0.232 e. The number of benzene rings is 2. The van der Waals surface area contributed by atoms with Gasteiger partial charge in [0.2, 0.25) is 15.9 Å². The average Bonchev–Trinajstić information content (AvgIpc) is 2.98. The van der Waals surface area contributed by atoms with Crippen LogP contribution in [0.1, 0.15) is 17.5 Å². The van der Waals surface area contributed by atoms with Crippen molar-refractivity contribution in [1.82, 2.24) is 0 Å². The van der Waals surface area contributed by atoms with Crippen LogP contribution in [0.25, 0.3) is 0 Å². The fourth-order valence-corrected chi connectivity index (χ4v) is 4.12. The molecule has 1 amide bonds. The number of sulfonamides is 1. The summed E-state index contributed by atoms with van der Waals surface area (Å²) in [5.41, 5.74) is 3.67. The minimum Gasteiger partial charge on any atom is -0.312 e. The molecule has 2 aromatic rings. The van der Waals surface area contributed by atoms with Crippen LogP contribution in [0.5, 0.6) is 0 Å². The molecule has 0 saturated heterocycles. The number of nitrogens with zero attached hydrogens (tertiary/aromatic N) is 2. The Bertz CT molecular complexity index is 893. The number of hydrogen-bond acceptors (Lipinski definition) is 3. The quantitative estimate of drug-likeness (QED) is 0.826. The summed E-state index contributed by atoms with van der Waals surface area (Å²) >= 11 is 0. The molecule has 0 atom stereocenters. The van der Waals surface area contributed by atoms with Gasteiger partial charge >= 0.3 is 0 Å². The summed E-state index contributed by atoms with van der Waals surface area (Å²) in [5, 5.41) is 0. The van der Waals surface area contributed by atoms with Crippen LogP contribution in [0.2, 0.25) is 0 Å². The molecule has 0 fully saturated rings. The van der Waals surface area contributed by atoms with E-state index in [9.17, 15) is 13.2 Å². The van der Waals surface area contributed by atoms with Crippen molar-refractivity contribution in [2.24, 2.45) is 0 Å². The highest BCUT2D eigenvalue weighted by Crippen LogP contribution is 2.28. The number of para-hydroxylation sites is 1. The van der Waals surface area contributed by atoms with Gasteiger partial charge in [-0.05, 0) is 42.7 Å². The van der Waals surface area contributed by atoms with Crippen LogP contribution in [0.4, 0.5) is 11.4 Å². The summed E-state index contributed by atoms with van der Waals surface area (Å²) < 4.78 is 25.7. The first-order chi connectivity index (χ1) is 11.9. The van der Waals surface area contributed by atoms with Gasteiger partial charge in [0.05, 0.1) is 11.9 Å². The number of carbonyl (C=O) groups excluding carboxylic acids is 1. The van der Waals surface area contributed by atoms with Crippen LogP contribution in [0.3, 0.4) is 0 Å². The highest BCUT2D eigenvalue weighted by atomic mass is 32.2. The third kappa shape index (κ3) is 3.85. The predicted octanol–water partition coefficient (Wildman–Crippen LogP) is 2.74. The summed E-state index contributed by atoms with van der Waals surface area (Å²) in [6.45, 7) is 2.71. The molecule has 0 aromatic heterocycles. The number of carbonyl (C=O) groups is 1. The molecule has 0 bridgehead atoms. The van der Waals surface area contributed by atoms with E-state index >= 15 is 0 Å². The Morgan fingerprint density at radius 2 is 1.92 bits per heavy atom. The van der Waals surface area contributed by atoms with Crippen molar-refractivity contribution in [3.05, 3.63) is 59.7 Å². The SMILES string of the molecule is Cc1cccc(N(CCC(=O)N2CCc3ccccc32)S(C)(=O)=O)c1. The summed E-state index contributed by atoms with van der Waals surface area (Å²) in [6.07, 6.45) is 2.16. The summed E-state index contributed by atoms with van der Waals surface area (Å²) in [5.74, 6) is -0.0498. The number of fused-ring (bicyclic) bond motifs is 1. The Balaban J connectivity index is 1.75. The predicted molar refractivity (Wildman–Crippen MR) is 100 cm³/mol. The number of aryl methyl sites for hydroxylation is 1. The lowest BCUT2D eigenvalue weighted by Gasteiger charge is -2.24. The second-order valence-electron chi connectivity index (χ2n) is 6.35. The van der Waals surface area contributed by atoms with E-state index in [0.29, 0.717) is 12.2 Å². The molecule has 6 heteroatoms. The zero-order chi connectivity index (χ0) is 18.0. The van der Waals surface area contributed by atoms with Crippen molar-refractivity contribution < 1.29 is 13.2 Å². The standard InChI is InChI=1S/C19H22N2O3S/c1-15-6-5-8-17(14-15)21(25(2,23)24)13-11-19(22)20-12-10-16-7-3-4-9-18(16)20/h3-9,14H,10-13H2,1-2H3. The van der Waals surface area contributed by atoms with E-state index in [-0.39, 0.29) is 18.9 Å². The first kappa shape index (κ1) is 17.5. The van der Waals surface area contributed by atoms with Crippen LogP contribution in [0.15, 0.2) is 48.5 Å². The zero-order valence-electron chi connectivity index (χ0n) is 14.5. The van der Waals surface area contributed by atoms with Gasteiger partial charge in [-0.2, -0.15) is 0 Å². The molecule has 1 aliphatic heterocycles. The normalized spacial score (nSPS) is 13.6. The third-order valence-corrected chi connectivity index (χ3v) is 5.60. The molecule has 132 valence electrons. The van der Waals surface area contributed by atoms with E-state index in [4.69, 9.17) is 0 Å². The molecular formula is C19H22N2O3S. The Morgan fingerprint density at radius 3 is 2.64 bits per heavy atom. The Kier molecular flexibility index (Phi) is 4.81. The monoisotopic (exact) mass is 358 g/mol. The molecule has 0 aliphatic carbocycles. The molecule has 5 nitrogen and oxygen atoms in total. The molecule has 0 radical (unpaired) electrons. The van der Waals surface area contributed by atoms with Gasteiger partial charge in [0, 0.05) is 25.2 Å². The first-order valence-electron chi connectivity index (χ1n) is 8.29. The van der Waals surface area contributed by atoms with E-state index in [1.54, 1.807) is 11.0 Å². The number of rotatable bonds is 5. The summed E-state index contributed by atoms with van der Waals surface area (Å²) in [6, 6.07) is 15.2. The average molecular weight is 358 g/mol. The fourth-order valence-electron chi connectivity index (χ4n) is 3.20. The molecule has 0 unspecified atom stereocenters. The van der Waals surface area contributed by atoms with Crippen LogP contribution in [0, 0.1) is 6.92 Å². The van der Waals surface area contributed by atoms with Crippen LogP contribution < -0.4 is 9.21 Å². The molecule has 0 saturated carbocycles. The molecule has 1 heterocycles. The lowest BCUT2D eigenvalue weighted by molar-refractivity contribution is -0.118. The molecule has 2 aromatic carbocycles. The number of hydrogen-bond donors (Lipinski definition) is 0. The second kappa shape index (κ2) is 6.88. The van der Waals surface area contributed by atoms with Crippen molar-refractivity contribution >= 4 is 27.3 Å². The molecule has 0 N–H and O–H groups in total. The molecule has 0 spiro atoms. The Hall–Kier alpha value is -2.34. The largest absolute Gasteiger partial charge is 0.312 e. The maximum absolute atomic E-state index is 12.6. The van der Waals surface area contributed by atoms with E-state index in [1.165, 1.54) is 10.6 Å². The van der Waals surface area contributed by atoms with Crippen molar-refractivity contribution in [2.75, 3.05) is 28.6 Å². The summed E-state index contributed by atoms with van der Waals surface area (Å²) in [7, 11) is -3.45. The molecule has 25 heavy (non-hydrogen) atoms. The van der Waals surface area contributed by atoms with Gasteiger partial charge < -0.3 is 4.90 Å². The number of amides is 1. The molecular weight excluding hydrogens is 336 g/mol. The van der Waals surface area contributed by atoms with Gasteiger partial charge in [-0.25, -0.2) is 8.42 Å². The van der Waals surface area contributed by atoms with Gasteiger partial charge in [-0.1, -0.05) is 30.3 Å². The van der Waals surface area contributed by atoms with E-state index < -0.39 is 10.0 Å². The van der Waals surface area contributed by atoms with E-state index in [0.717, 1.165) is 23.2 Å². The second-order valence-corrected chi connectivity index (χ2v) is 8.26. The number of anilines is 2. The Labute approximate surface area is 148 Å². The van der Waals surface area contributed by atoms with Gasteiger partial charge in [0.1, 0.15) is 0 Å². The van der Waals surface area contributed by atoms with Crippen molar-refractivity contribution in [2.45, 2.75) is 19.8 Å². The topological polar surface area (TPSA) is 57.7 Å². The molecule has 3 rings (SSSR count). The van der Waals surface area contributed by atoms with Gasteiger partial charge in [0.15, 0.2) is 0 Å². The summed E-state index contributed by atoms with van der Waals surface area (Å²) in [4.78, 5) is 14.4. The maximum Gasteiger partial charge on any atom is 0.232 e. The highest BCUT2D eigenvalue weighted by Gasteiger charge is 2.26. The lowest BCUT2D eigenvalue weighted by Crippen LogP contribution is -2.36. The van der Waals surface area contributed by atoms with Crippen molar-refractivity contribution in [1.29, 1.82) is 0 Å². The van der Waals surface area contributed by atoms with Gasteiger partial charge in [0.25, 0.3) is 0 Å². The maximum atomic E-state index is 12.6. The van der Waals surface area contributed by atoms with Gasteiger partial charge in [-0.15, -0.1) is 0 Å². The zero-order valence-corrected chi connectivity index (χ0v) is 15.3. The fraction of sp³-hybridized carbons (Fsp3) is 0.316. The van der Waals surface area contributed by atoms with Crippen LogP contribution in [-0.4, -0.2) is 33.7 Å². The van der Waals surface area contributed by atoms with E-state index in [1.807, 2.05) is 49.4 Å². The van der Waals surface area contributed by atoms with Crippen LogP contribution in [-0.2, 0) is 21.2 Å². The Morgan fingerprint density at radius 1 is 1.16 bits per heavy atom. The highest BCUT2D eigenvalue weighted by molar-refractivity contribution is 7.92. The van der Waals surface area contributed by atoms with Crippen molar-refractivity contribution in [3.63, 3.8) is 0 Å². The molecule has 1 aliphatic rings. The lowest BCUT2D eigenvalue weighted by atomic mass is 10.2. The van der Waals surface area contributed by atoms with Crippen molar-refractivity contribution in [3.8, 4) is 0 Å².